The highest BCUT2D eigenvalue weighted by atomic mass is 33.1. The Labute approximate surface area is 106 Å². The summed E-state index contributed by atoms with van der Waals surface area (Å²) in [6, 6.07) is 0. The van der Waals surface area contributed by atoms with Crippen LogP contribution in [0.5, 0.6) is 0 Å². The average Bonchev–Trinajstić information content (AvgIpc) is 2.61. The number of methoxy groups -OCH3 is 1. The summed E-state index contributed by atoms with van der Waals surface area (Å²) in [5.41, 5.74) is 0. The van der Waals surface area contributed by atoms with Gasteiger partial charge in [-0.2, -0.15) is 0 Å². The third kappa shape index (κ3) is 6.28. The standard InChI is InChI=1S/C10H18O5S2/c1-14-8-15-10(11)5-3-2-4-9-6-7-17(12,13)16-9/h9H,2-8H2,1H3. The van der Waals surface area contributed by atoms with Gasteiger partial charge in [0.05, 0.1) is 5.75 Å². The Hall–Kier alpha value is -0.270. The maximum Gasteiger partial charge on any atom is 0.307 e. The van der Waals surface area contributed by atoms with Crippen LogP contribution >= 0.6 is 10.8 Å². The second-order valence-corrected chi connectivity index (χ2v) is 8.42. The van der Waals surface area contributed by atoms with Crippen LogP contribution < -0.4 is 0 Å². The first-order valence-corrected chi connectivity index (χ1v) is 8.64. The van der Waals surface area contributed by atoms with Crippen LogP contribution in [0.3, 0.4) is 0 Å². The van der Waals surface area contributed by atoms with Gasteiger partial charge in [-0.05, 0) is 30.1 Å². The van der Waals surface area contributed by atoms with E-state index in [4.69, 9.17) is 4.74 Å². The number of carbonyl (C=O) groups excluding carboxylic acids is 1. The molecule has 0 radical (unpaired) electrons. The first kappa shape index (κ1) is 14.8. The average molecular weight is 282 g/mol. The van der Waals surface area contributed by atoms with Crippen LogP contribution in [-0.4, -0.2) is 39.3 Å². The summed E-state index contributed by atoms with van der Waals surface area (Å²) in [6.07, 6.45) is 3.55. The zero-order valence-corrected chi connectivity index (χ0v) is 11.5. The van der Waals surface area contributed by atoms with Crippen LogP contribution in [0.25, 0.3) is 0 Å². The van der Waals surface area contributed by atoms with E-state index in [9.17, 15) is 13.2 Å². The highest BCUT2D eigenvalue weighted by Crippen LogP contribution is 2.34. The molecule has 7 heteroatoms. The van der Waals surface area contributed by atoms with Gasteiger partial charge in [0.25, 0.3) is 0 Å². The van der Waals surface area contributed by atoms with E-state index in [0.29, 0.717) is 6.42 Å². The molecule has 1 heterocycles. The van der Waals surface area contributed by atoms with Crippen LogP contribution in [0.4, 0.5) is 0 Å². The van der Waals surface area contributed by atoms with Gasteiger partial charge in [0.1, 0.15) is 0 Å². The van der Waals surface area contributed by atoms with Crippen LogP contribution in [0.1, 0.15) is 32.1 Å². The molecule has 1 atom stereocenters. The Morgan fingerprint density at radius 3 is 2.76 bits per heavy atom. The smallest absolute Gasteiger partial charge is 0.307 e. The Morgan fingerprint density at radius 2 is 2.18 bits per heavy atom. The van der Waals surface area contributed by atoms with Crippen molar-refractivity contribution in [3.05, 3.63) is 0 Å². The van der Waals surface area contributed by atoms with E-state index >= 15 is 0 Å². The number of esters is 1. The number of hydrogen-bond donors (Lipinski definition) is 0. The molecule has 0 saturated carbocycles. The minimum Gasteiger partial charge on any atom is -0.438 e. The van der Waals surface area contributed by atoms with Gasteiger partial charge in [-0.3, -0.25) is 4.79 Å². The third-order valence-corrected chi connectivity index (χ3v) is 6.44. The molecule has 0 aromatic rings. The lowest BCUT2D eigenvalue weighted by Gasteiger charge is -2.06. The van der Waals surface area contributed by atoms with E-state index in [2.05, 4.69) is 4.74 Å². The third-order valence-electron chi connectivity index (χ3n) is 2.47. The normalized spacial score (nSPS) is 22.5. The van der Waals surface area contributed by atoms with Gasteiger partial charge in [-0.25, -0.2) is 8.42 Å². The molecule has 0 spiro atoms. The Kier molecular flexibility index (Phi) is 6.29. The Balaban J connectivity index is 2.03. The molecule has 1 fully saturated rings. The molecule has 0 N–H and O–H groups in total. The molecular weight excluding hydrogens is 264 g/mol. The van der Waals surface area contributed by atoms with E-state index in [-0.39, 0.29) is 23.8 Å². The molecule has 0 amide bonds. The zero-order chi connectivity index (χ0) is 12.7. The highest BCUT2D eigenvalue weighted by Gasteiger charge is 2.28. The van der Waals surface area contributed by atoms with E-state index in [1.54, 1.807) is 0 Å². The van der Waals surface area contributed by atoms with Crippen molar-refractivity contribution in [3.63, 3.8) is 0 Å². The SMILES string of the molecule is COCOC(=O)CCCCC1CCS(=O)(=O)S1. The largest absolute Gasteiger partial charge is 0.438 e. The molecule has 5 nitrogen and oxygen atoms in total. The Bertz CT molecular complexity index is 339. The molecule has 0 bridgehead atoms. The maximum absolute atomic E-state index is 11.2. The second-order valence-electron chi connectivity index (χ2n) is 3.94. The summed E-state index contributed by atoms with van der Waals surface area (Å²) in [4.78, 5) is 11.1. The molecule has 0 aromatic carbocycles. The highest BCUT2D eigenvalue weighted by molar-refractivity contribution is 8.72. The predicted octanol–water partition coefficient (Wildman–Crippen LogP) is 1.53. The number of unbranched alkanes of at least 4 members (excludes halogenated alkanes) is 1. The fourth-order valence-electron chi connectivity index (χ4n) is 1.61. The van der Waals surface area contributed by atoms with E-state index in [1.807, 2.05) is 0 Å². The lowest BCUT2D eigenvalue weighted by atomic mass is 10.1. The Morgan fingerprint density at radius 1 is 1.41 bits per heavy atom. The second kappa shape index (κ2) is 7.23. The molecule has 1 aliphatic rings. The van der Waals surface area contributed by atoms with E-state index < -0.39 is 8.87 Å². The minimum atomic E-state index is -2.85. The van der Waals surface area contributed by atoms with Crippen LogP contribution in [0, 0.1) is 0 Å². The van der Waals surface area contributed by atoms with Crippen LogP contribution in [0.2, 0.25) is 0 Å². The predicted molar refractivity (Wildman–Crippen MR) is 66.2 cm³/mol. The summed E-state index contributed by atoms with van der Waals surface area (Å²) in [7, 11) is -0.313. The summed E-state index contributed by atoms with van der Waals surface area (Å²) < 4.78 is 31.7. The molecule has 17 heavy (non-hydrogen) atoms. The van der Waals surface area contributed by atoms with Crippen molar-refractivity contribution >= 4 is 25.6 Å². The quantitative estimate of drug-likeness (QED) is 0.305. The van der Waals surface area contributed by atoms with Crippen molar-refractivity contribution in [2.24, 2.45) is 0 Å². The molecule has 100 valence electrons. The number of hydrogen-bond acceptors (Lipinski definition) is 6. The molecule has 0 aliphatic carbocycles. The van der Waals surface area contributed by atoms with Crippen molar-refractivity contribution in [3.8, 4) is 0 Å². The van der Waals surface area contributed by atoms with Gasteiger partial charge in [0, 0.05) is 18.8 Å². The van der Waals surface area contributed by atoms with Crippen molar-refractivity contribution in [1.29, 1.82) is 0 Å². The summed E-state index contributed by atoms with van der Waals surface area (Å²) in [5, 5.41) is 0.204. The molecule has 1 unspecified atom stereocenters. The fraction of sp³-hybridized carbons (Fsp3) is 0.900. The summed E-state index contributed by atoms with van der Waals surface area (Å²) in [5.74, 6) is 0.0247. The van der Waals surface area contributed by atoms with Gasteiger partial charge in [0.2, 0.25) is 8.87 Å². The van der Waals surface area contributed by atoms with Crippen molar-refractivity contribution in [1.82, 2.24) is 0 Å². The van der Waals surface area contributed by atoms with Gasteiger partial charge < -0.3 is 9.47 Å². The zero-order valence-electron chi connectivity index (χ0n) is 9.88. The first-order chi connectivity index (χ1) is 8.03. The molecular formula is C10H18O5S2. The van der Waals surface area contributed by atoms with Gasteiger partial charge in [-0.1, -0.05) is 6.42 Å². The van der Waals surface area contributed by atoms with Gasteiger partial charge >= 0.3 is 5.97 Å². The molecule has 1 aliphatic heterocycles. The molecule has 1 saturated heterocycles. The van der Waals surface area contributed by atoms with Crippen LogP contribution in [-0.2, 0) is 23.1 Å². The first-order valence-electron chi connectivity index (χ1n) is 5.59. The monoisotopic (exact) mass is 282 g/mol. The van der Waals surface area contributed by atoms with Crippen molar-refractivity contribution in [2.45, 2.75) is 37.4 Å². The van der Waals surface area contributed by atoms with E-state index in [1.165, 1.54) is 7.11 Å². The van der Waals surface area contributed by atoms with E-state index in [0.717, 1.165) is 36.5 Å². The lowest BCUT2D eigenvalue weighted by molar-refractivity contribution is -0.154. The number of rotatable bonds is 7. The number of carbonyl (C=O) groups is 1. The minimum absolute atomic E-state index is 0.00441. The summed E-state index contributed by atoms with van der Waals surface area (Å²) >= 11 is 0. The fourth-order valence-corrected chi connectivity index (χ4v) is 5.72. The van der Waals surface area contributed by atoms with Crippen molar-refractivity contribution in [2.75, 3.05) is 19.7 Å². The maximum atomic E-state index is 11.2. The van der Waals surface area contributed by atoms with Crippen LogP contribution in [0.15, 0.2) is 0 Å². The van der Waals surface area contributed by atoms with Crippen molar-refractivity contribution < 1.29 is 22.7 Å². The lowest BCUT2D eigenvalue weighted by Crippen LogP contribution is -2.07. The summed E-state index contributed by atoms with van der Waals surface area (Å²) in [6.45, 7) is -0.00441. The molecule has 0 aromatic heterocycles. The topological polar surface area (TPSA) is 69.7 Å². The van der Waals surface area contributed by atoms with Gasteiger partial charge in [0.15, 0.2) is 6.79 Å². The number of ether oxygens (including phenoxy) is 2. The molecule has 1 rings (SSSR count). The van der Waals surface area contributed by atoms with Gasteiger partial charge in [-0.15, -0.1) is 0 Å².